The van der Waals surface area contributed by atoms with Gasteiger partial charge in [-0.25, -0.2) is 9.59 Å². The van der Waals surface area contributed by atoms with E-state index in [2.05, 4.69) is 6.58 Å². The monoisotopic (exact) mass is 492 g/mol. The first-order valence-corrected chi connectivity index (χ1v) is 10.2. The van der Waals surface area contributed by atoms with Crippen molar-refractivity contribution in [1.82, 2.24) is 0 Å². The summed E-state index contributed by atoms with van der Waals surface area (Å²) in [5, 5.41) is -0.210. The lowest BCUT2D eigenvalue weighted by molar-refractivity contribution is -0.154. The number of fused-ring (bicyclic) bond motifs is 1. The SMILES string of the molecule is C=CCOC(=O)COc1ccc2c(=O)c(Oc3ccc(C(=O)OCC)cc3)c(C(F)(F)F)oc2c1. The molecule has 0 aliphatic heterocycles. The Hall–Kier alpha value is -4.28. The van der Waals surface area contributed by atoms with E-state index in [1.807, 2.05) is 0 Å². The molecule has 1 aromatic heterocycles. The normalized spacial score (nSPS) is 11.1. The van der Waals surface area contributed by atoms with Gasteiger partial charge in [-0.1, -0.05) is 12.7 Å². The molecule has 0 bridgehead atoms. The van der Waals surface area contributed by atoms with Crippen molar-refractivity contribution in [2.45, 2.75) is 13.1 Å². The van der Waals surface area contributed by atoms with E-state index in [-0.39, 0.29) is 35.7 Å². The molecule has 1 heterocycles. The summed E-state index contributed by atoms with van der Waals surface area (Å²) < 4.78 is 66.1. The number of ether oxygens (including phenoxy) is 4. The third kappa shape index (κ3) is 6.19. The predicted octanol–water partition coefficient (Wildman–Crippen LogP) is 4.89. The average molecular weight is 492 g/mol. The number of esters is 2. The van der Waals surface area contributed by atoms with Crippen LogP contribution in [0.2, 0.25) is 0 Å². The highest BCUT2D eigenvalue weighted by molar-refractivity contribution is 5.89. The lowest BCUT2D eigenvalue weighted by atomic mass is 10.2. The molecule has 0 radical (unpaired) electrons. The van der Waals surface area contributed by atoms with Crippen molar-refractivity contribution < 1.29 is 46.1 Å². The fourth-order valence-corrected chi connectivity index (χ4v) is 2.85. The number of carbonyl (C=O) groups excluding carboxylic acids is 2. The molecular weight excluding hydrogens is 473 g/mol. The van der Waals surface area contributed by atoms with E-state index < -0.39 is 47.2 Å². The Morgan fingerprint density at radius 3 is 2.37 bits per heavy atom. The maximum atomic E-state index is 13.7. The molecule has 0 spiro atoms. The van der Waals surface area contributed by atoms with Crippen LogP contribution in [0, 0.1) is 0 Å². The maximum absolute atomic E-state index is 13.7. The zero-order valence-electron chi connectivity index (χ0n) is 18.3. The van der Waals surface area contributed by atoms with Crippen LogP contribution in [-0.4, -0.2) is 31.8 Å². The van der Waals surface area contributed by atoms with E-state index in [0.29, 0.717) is 0 Å². The van der Waals surface area contributed by atoms with Gasteiger partial charge in [0.2, 0.25) is 11.2 Å². The second-order valence-electron chi connectivity index (χ2n) is 6.85. The van der Waals surface area contributed by atoms with Gasteiger partial charge in [0.05, 0.1) is 17.6 Å². The fourth-order valence-electron chi connectivity index (χ4n) is 2.85. The number of alkyl halides is 3. The summed E-state index contributed by atoms with van der Waals surface area (Å²) in [6, 6.07) is 8.52. The smallest absolute Gasteiger partial charge is 0.453 e. The van der Waals surface area contributed by atoms with Crippen molar-refractivity contribution in [1.29, 1.82) is 0 Å². The molecule has 0 fully saturated rings. The highest BCUT2D eigenvalue weighted by Gasteiger charge is 2.40. The van der Waals surface area contributed by atoms with Crippen LogP contribution < -0.4 is 14.9 Å². The van der Waals surface area contributed by atoms with Gasteiger partial charge in [-0.15, -0.1) is 0 Å². The van der Waals surface area contributed by atoms with Crippen molar-refractivity contribution in [3.8, 4) is 17.2 Å². The third-order valence-electron chi connectivity index (χ3n) is 4.38. The van der Waals surface area contributed by atoms with Crippen molar-refractivity contribution in [3.63, 3.8) is 0 Å². The minimum atomic E-state index is -5.07. The standard InChI is InChI=1S/C24H19F3O8/c1-3-11-32-19(28)13-33-16-9-10-17-18(12-16)35-22(24(25,26)27)21(20(17)29)34-15-7-5-14(6-8-15)23(30)31-4-2/h3,5-10,12H,1,4,11,13H2,2H3. The molecule has 0 atom stereocenters. The Balaban J connectivity index is 1.94. The molecule has 0 aliphatic rings. The molecule has 2 aromatic carbocycles. The Morgan fingerprint density at radius 2 is 1.74 bits per heavy atom. The Bertz CT molecular complexity index is 1290. The molecule has 3 aromatic rings. The molecule has 3 rings (SSSR count). The van der Waals surface area contributed by atoms with Crippen LogP contribution >= 0.6 is 0 Å². The van der Waals surface area contributed by atoms with Crippen LogP contribution in [0.5, 0.6) is 17.2 Å². The van der Waals surface area contributed by atoms with Crippen LogP contribution in [-0.2, 0) is 20.4 Å². The molecule has 0 aliphatic carbocycles. The van der Waals surface area contributed by atoms with Crippen LogP contribution in [0.15, 0.2) is 64.3 Å². The van der Waals surface area contributed by atoms with Crippen molar-refractivity contribution in [2.75, 3.05) is 19.8 Å². The molecule has 0 saturated carbocycles. The average Bonchev–Trinajstić information content (AvgIpc) is 2.82. The predicted molar refractivity (Wildman–Crippen MR) is 117 cm³/mol. The summed E-state index contributed by atoms with van der Waals surface area (Å²) in [5.41, 5.74) is -1.35. The first-order chi connectivity index (χ1) is 16.6. The van der Waals surface area contributed by atoms with Gasteiger partial charge in [0.15, 0.2) is 6.61 Å². The van der Waals surface area contributed by atoms with E-state index in [0.717, 1.165) is 6.07 Å². The third-order valence-corrected chi connectivity index (χ3v) is 4.38. The van der Waals surface area contributed by atoms with Gasteiger partial charge in [0.25, 0.3) is 5.76 Å². The first-order valence-electron chi connectivity index (χ1n) is 10.2. The van der Waals surface area contributed by atoms with Crippen molar-refractivity contribution in [2.24, 2.45) is 0 Å². The van der Waals surface area contributed by atoms with Gasteiger partial charge in [-0.3, -0.25) is 4.79 Å². The molecule has 0 amide bonds. The molecular formula is C24H19F3O8. The maximum Gasteiger partial charge on any atom is 0.453 e. The van der Waals surface area contributed by atoms with Gasteiger partial charge in [-0.2, -0.15) is 13.2 Å². The summed E-state index contributed by atoms with van der Waals surface area (Å²) in [4.78, 5) is 36.1. The number of hydrogen-bond acceptors (Lipinski definition) is 8. The molecule has 0 N–H and O–H groups in total. The van der Waals surface area contributed by atoms with Gasteiger partial charge in [0.1, 0.15) is 23.7 Å². The van der Waals surface area contributed by atoms with E-state index in [9.17, 15) is 27.6 Å². The van der Waals surface area contributed by atoms with E-state index in [4.69, 9.17) is 23.4 Å². The summed E-state index contributed by atoms with van der Waals surface area (Å²) in [6.07, 6.45) is -3.71. The van der Waals surface area contributed by atoms with Crippen molar-refractivity contribution in [3.05, 3.63) is 76.7 Å². The summed E-state index contributed by atoms with van der Waals surface area (Å²) in [7, 11) is 0. The van der Waals surface area contributed by atoms with Gasteiger partial charge >= 0.3 is 18.1 Å². The number of halogens is 3. The Labute approximate surface area is 196 Å². The molecule has 8 nitrogen and oxygen atoms in total. The fraction of sp³-hybridized carbons (Fsp3) is 0.208. The number of benzene rings is 2. The van der Waals surface area contributed by atoms with Crippen LogP contribution in [0.25, 0.3) is 11.0 Å². The largest absolute Gasteiger partial charge is 0.482 e. The lowest BCUT2D eigenvalue weighted by Crippen LogP contribution is -2.16. The first kappa shape index (κ1) is 25.3. The zero-order valence-corrected chi connectivity index (χ0v) is 18.3. The summed E-state index contributed by atoms with van der Waals surface area (Å²) >= 11 is 0. The second-order valence-corrected chi connectivity index (χ2v) is 6.85. The second kappa shape index (κ2) is 10.8. The van der Waals surface area contributed by atoms with E-state index in [1.165, 1.54) is 42.5 Å². The van der Waals surface area contributed by atoms with Crippen LogP contribution in [0.1, 0.15) is 23.0 Å². The molecule has 184 valence electrons. The molecule has 0 saturated heterocycles. The van der Waals surface area contributed by atoms with Gasteiger partial charge < -0.3 is 23.4 Å². The summed E-state index contributed by atoms with van der Waals surface area (Å²) in [6.45, 7) is 4.62. The number of carbonyl (C=O) groups is 2. The number of hydrogen-bond donors (Lipinski definition) is 0. The Kier molecular flexibility index (Phi) is 7.80. The van der Waals surface area contributed by atoms with E-state index >= 15 is 0 Å². The quantitative estimate of drug-likeness (QED) is 0.308. The van der Waals surface area contributed by atoms with Gasteiger partial charge in [-0.05, 0) is 43.3 Å². The van der Waals surface area contributed by atoms with Crippen LogP contribution in [0.3, 0.4) is 0 Å². The zero-order chi connectivity index (χ0) is 25.6. The van der Waals surface area contributed by atoms with Crippen molar-refractivity contribution >= 4 is 22.9 Å². The molecule has 35 heavy (non-hydrogen) atoms. The summed E-state index contributed by atoms with van der Waals surface area (Å²) in [5.74, 6) is -4.23. The Morgan fingerprint density at radius 1 is 1.06 bits per heavy atom. The topological polar surface area (TPSA) is 101 Å². The highest BCUT2D eigenvalue weighted by atomic mass is 19.4. The minimum absolute atomic E-state index is 0.0208. The van der Waals surface area contributed by atoms with Crippen LogP contribution in [0.4, 0.5) is 13.2 Å². The van der Waals surface area contributed by atoms with Gasteiger partial charge in [0, 0.05) is 6.07 Å². The lowest BCUT2D eigenvalue weighted by Gasteiger charge is -2.14. The molecule has 0 unspecified atom stereocenters. The highest BCUT2D eigenvalue weighted by Crippen LogP contribution is 2.38. The number of rotatable bonds is 9. The minimum Gasteiger partial charge on any atom is -0.482 e. The molecule has 11 heteroatoms. The van der Waals surface area contributed by atoms with E-state index in [1.54, 1.807) is 6.92 Å².